The molecule has 2 saturated heterocycles. The fourth-order valence-electron chi connectivity index (χ4n) is 3.56. The Labute approximate surface area is 177 Å². The number of aliphatic imine (C=N–C) groups is 1. The van der Waals surface area contributed by atoms with Gasteiger partial charge < -0.3 is 25.4 Å². The van der Waals surface area contributed by atoms with E-state index in [9.17, 15) is 9.90 Å². The van der Waals surface area contributed by atoms with Crippen molar-refractivity contribution in [1.29, 1.82) is 0 Å². The summed E-state index contributed by atoms with van der Waals surface area (Å²) in [5.74, 6) is 0.904. The smallest absolute Gasteiger partial charge is 0.251 e. The first-order valence-electron chi connectivity index (χ1n) is 9.30. The number of ether oxygens (including phenoxy) is 1. The maximum absolute atomic E-state index is 12.1. The monoisotopic (exact) mass is 488 g/mol. The van der Waals surface area contributed by atoms with E-state index in [2.05, 4.69) is 27.4 Å². The van der Waals surface area contributed by atoms with Crippen LogP contribution in [0.1, 0.15) is 30.1 Å². The van der Waals surface area contributed by atoms with Gasteiger partial charge >= 0.3 is 0 Å². The first kappa shape index (κ1) is 21.7. The van der Waals surface area contributed by atoms with E-state index in [0.717, 1.165) is 51.6 Å². The molecule has 3 rings (SSSR count). The number of hydrogen-bond acceptors (Lipinski definition) is 4. The van der Waals surface area contributed by atoms with Crippen LogP contribution in [0.5, 0.6) is 5.75 Å². The summed E-state index contributed by atoms with van der Waals surface area (Å²) in [7, 11) is 0. The number of phenols is 1. The van der Waals surface area contributed by atoms with Gasteiger partial charge in [-0.25, -0.2) is 0 Å². The van der Waals surface area contributed by atoms with Gasteiger partial charge in [0.25, 0.3) is 5.91 Å². The average molecular weight is 488 g/mol. The molecule has 1 atom stereocenters. The van der Waals surface area contributed by atoms with Crippen LogP contribution in [-0.4, -0.2) is 67.8 Å². The number of phenolic OH excluding ortho intramolecular Hbond substituents is 1. The van der Waals surface area contributed by atoms with Crippen molar-refractivity contribution in [1.82, 2.24) is 15.5 Å². The van der Waals surface area contributed by atoms with Crippen LogP contribution in [-0.2, 0) is 4.74 Å². The van der Waals surface area contributed by atoms with E-state index in [4.69, 9.17) is 4.74 Å². The maximum Gasteiger partial charge on any atom is 0.251 e. The summed E-state index contributed by atoms with van der Waals surface area (Å²) in [6.45, 7) is 7.57. The summed E-state index contributed by atoms with van der Waals surface area (Å²) in [6, 6.07) is 6.22. The summed E-state index contributed by atoms with van der Waals surface area (Å²) in [4.78, 5) is 19.0. The van der Waals surface area contributed by atoms with Gasteiger partial charge in [-0.15, -0.1) is 24.0 Å². The van der Waals surface area contributed by atoms with Crippen molar-refractivity contribution < 1.29 is 14.6 Å². The van der Waals surface area contributed by atoms with Crippen LogP contribution in [0.3, 0.4) is 0 Å². The van der Waals surface area contributed by atoms with E-state index in [-0.39, 0.29) is 35.6 Å². The molecule has 8 heteroatoms. The highest BCUT2D eigenvalue weighted by atomic mass is 127. The molecule has 0 saturated carbocycles. The number of hydrogen-bond donors (Lipinski definition) is 3. The lowest BCUT2D eigenvalue weighted by Gasteiger charge is -2.25. The molecule has 27 heavy (non-hydrogen) atoms. The molecule has 2 aliphatic rings. The second-order valence-electron chi connectivity index (χ2n) is 7.01. The Morgan fingerprint density at radius 2 is 2.07 bits per heavy atom. The highest BCUT2D eigenvalue weighted by molar-refractivity contribution is 14.0. The molecule has 1 aromatic carbocycles. The largest absolute Gasteiger partial charge is 0.508 e. The van der Waals surface area contributed by atoms with Gasteiger partial charge in [0.1, 0.15) is 5.75 Å². The van der Waals surface area contributed by atoms with E-state index in [1.165, 1.54) is 12.1 Å². The molecule has 7 nitrogen and oxygen atoms in total. The molecular formula is C19H29IN4O3. The molecule has 2 aliphatic heterocycles. The molecule has 1 unspecified atom stereocenters. The second-order valence-corrected chi connectivity index (χ2v) is 7.01. The molecule has 0 aliphatic carbocycles. The van der Waals surface area contributed by atoms with Gasteiger partial charge in [-0.2, -0.15) is 0 Å². The molecule has 3 N–H and O–H groups in total. The van der Waals surface area contributed by atoms with Crippen LogP contribution >= 0.6 is 24.0 Å². The topological polar surface area (TPSA) is 86.2 Å². The first-order chi connectivity index (χ1) is 12.6. The minimum atomic E-state index is -0.159. The number of halogens is 1. The summed E-state index contributed by atoms with van der Waals surface area (Å²) < 4.78 is 5.59. The van der Waals surface area contributed by atoms with Gasteiger partial charge in [0.05, 0.1) is 13.2 Å². The summed E-state index contributed by atoms with van der Waals surface area (Å²) in [5.41, 5.74) is 0.824. The van der Waals surface area contributed by atoms with Crippen molar-refractivity contribution in [2.24, 2.45) is 10.4 Å². The van der Waals surface area contributed by atoms with Crippen molar-refractivity contribution in [3.8, 4) is 5.75 Å². The highest BCUT2D eigenvalue weighted by Crippen LogP contribution is 2.38. The summed E-state index contributed by atoms with van der Waals surface area (Å²) in [5, 5.41) is 15.5. The van der Waals surface area contributed by atoms with Crippen LogP contribution in [0.2, 0.25) is 0 Å². The maximum atomic E-state index is 12.1. The standard InChI is InChI=1S/C19H28N4O3.HI/c1-2-20-18(23-11-7-19(13-23)8-12-26-14-19)22-10-9-21-17(25)15-3-5-16(24)6-4-15;/h3-6,24H,2,7-14H2,1H3,(H,20,22)(H,21,25);1H. The number of likely N-dealkylation sites (tertiary alicyclic amines) is 1. The third-order valence-electron chi connectivity index (χ3n) is 5.05. The lowest BCUT2D eigenvalue weighted by Crippen LogP contribution is -2.42. The number of nitrogens with one attached hydrogen (secondary N) is 2. The zero-order valence-electron chi connectivity index (χ0n) is 15.7. The number of guanidine groups is 1. The van der Waals surface area contributed by atoms with Gasteiger partial charge in [-0.1, -0.05) is 0 Å². The van der Waals surface area contributed by atoms with E-state index in [1.807, 2.05) is 0 Å². The van der Waals surface area contributed by atoms with Gasteiger partial charge in [-0.05, 0) is 44.0 Å². The minimum absolute atomic E-state index is 0. The van der Waals surface area contributed by atoms with Crippen LogP contribution < -0.4 is 10.6 Å². The van der Waals surface area contributed by atoms with E-state index >= 15 is 0 Å². The van der Waals surface area contributed by atoms with Crippen molar-refractivity contribution in [2.75, 3.05) is 45.9 Å². The Balaban J connectivity index is 0.00000261. The second kappa shape index (κ2) is 10.1. The van der Waals surface area contributed by atoms with Crippen molar-refractivity contribution in [3.63, 3.8) is 0 Å². The molecule has 0 radical (unpaired) electrons. The van der Waals surface area contributed by atoms with Crippen LogP contribution in [0.4, 0.5) is 0 Å². The Morgan fingerprint density at radius 3 is 2.74 bits per heavy atom. The number of nitrogens with zero attached hydrogens (tertiary/aromatic N) is 2. The van der Waals surface area contributed by atoms with Gasteiger partial charge in [0, 0.05) is 43.8 Å². The Hall–Kier alpha value is -1.55. The zero-order valence-corrected chi connectivity index (χ0v) is 18.1. The van der Waals surface area contributed by atoms with E-state index in [1.54, 1.807) is 12.1 Å². The zero-order chi connectivity index (χ0) is 18.4. The molecule has 0 bridgehead atoms. The number of benzene rings is 1. The summed E-state index contributed by atoms with van der Waals surface area (Å²) in [6.07, 6.45) is 2.28. The molecule has 2 fully saturated rings. The number of aromatic hydroxyl groups is 1. The Bertz CT molecular complexity index is 645. The molecule has 1 amide bonds. The van der Waals surface area contributed by atoms with Crippen LogP contribution in [0, 0.1) is 5.41 Å². The highest BCUT2D eigenvalue weighted by Gasteiger charge is 2.42. The normalized spacial score (nSPS) is 22.0. The average Bonchev–Trinajstić information content (AvgIpc) is 3.28. The number of amides is 1. The minimum Gasteiger partial charge on any atom is -0.508 e. The number of carbonyl (C=O) groups excluding carboxylic acids is 1. The fourth-order valence-corrected chi connectivity index (χ4v) is 3.56. The van der Waals surface area contributed by atoms with Crippen LogP contribution in [0.25, 0.3) is 0 Å². The van der Waals surface area contributed by atoms with E-state index < -0.39 is 0 Å². The van der Waals surface area contributed by atoms with Crippen LogP contribution in [0.15, 0.2) is 29.3 Å². The van der Waals surface area contributed by atoms with Crippen molar-refractivity contribution in [2.45, 2.75) is 19.8 Å². The lowest BCUT2D eigenvalue weighted by atomic mass is 9.87. The fraction of sp³-hybridized carbons (Fsp3) is 0.579. The third-order valence-corrected chi connectivity index (χ3v) is 5.05. The molecule has 0 aromatic heterocycles. The predicted molar refractivity (Wildman–Crippen MR) is 116 cm³/mol. The molecule has 2 heterocycles. The number of carbonyl (C=O) groups is 1. The molecular weight excluding hydrogens is 459 g/mol. The molecule has 1 spiro atoms. The number of rotatable bonds is 5. The SMILES string of the molecule is CCNC(=NCCNC(=O)c1ccc(O)cc1)N1CCC2(CCOC2)C1.I. The molecule has 1 aromatic rings. The third kappa shape index (κ3) is 5.71. The summed E-state index contributed by atoms with van der Waals surface area (Å²) >= 11 is 0. The quantitative estimate of drug-likeness (QED) is 0.255. The van der Waals surface area contributed by atoms with Gasteiger partial charge in [0.15, 0.2) is 5.96 Å². The first-order valence-corrected chi connectivity index (χ1v) is 9.30. The molecule has 150 valence electrons. The van der Waals surface area contributed by atoms with E-state index in [0.29, 0.717) is 24.1 Å². The van der Waals surface area contributed by atoms with Gasteiger partial charge in [-0.3, -0.25) is 9.79 Å². The van der Waals surface area contributed by atoms with Gasteiger partial charge in [0.2, 0.25) is 0 Å². The predicted octanol–water partition coefficient (Wildman–Crippen LogP) is 1.82. The Kier molecular flexibility index (Phi) is 8.15. The van der Waals surface area contributed by atoms with Crippen molar-refractivity contribution in [3.05, 3.63) is 29.8 Å². The Morgan fingerprint density at radius 1 is 1.30 bits per heavy atom. The lowest BCUT2D eigenvalue weighted by molar-refractivity contribution is 0.0955. The van der Waals surface area contributed by atoms with Crippen molar-refractivity contribution >= 4 is 35.8 Å².